The number of amides is 2. The number of aryl methyl sites for hydroxylation is 1. The van der Waals surface area contributed by atoms with Gasteiger partial charge in [-0.2, -0.15) is 30.2 Å². The van der Waals surface area contributed by atoms with Gasteiger partial charge in [-0.1, -0.05) is 12.1 Å². The van der Waals surface area contributed by atoms with Gasteiger partial charge in [-0.3, -0.25) is 4.79 Å². The summed E-state index contributed by atoms with van der Waals surface area (Å²) in [5.74, 6) is -0.134. The Balaban J connectivity index is 0. The van der Waals surface area contributed by atoms with Gasteiger partial charge in [-0.15, -0.1) is 6.07 Å². The predicted molar refractivity (Wildman–Crippen MR) is 81.7 cm³/mol. The first kappa shape index (κ1) is 24.5. The van der Waals surface area contributed by atoms with Crippen LogP contribution in [0.3, 0.4) is 0 Å². The second kappa shape index (κ2) is 11.7. The summed E-state index contributed by atoms with van der Waals surface area (Å²) in [4.78, 5) is 24.2. The molecule has 125 valence electrons. The zero-order chi connectivity index (χ0) is 14.5. The van der Waals surface area contributed by atoms with Crippen LogP contribution in [0.4, 0.5) is 10.5 Å². The molecule has 7 heteroatoms. The average Bonchev–Trinajstić information content (AvgIpc) is 2.79. The molecule has 1 aliphatic rings. The van der Waals surface area contributed by atoms with Gasteiger partial charge in [0, 0.05) is 28.0 Å². The van der Waals surface area contributed by atoms with E-state index in [4.69, 9.17) is 4.74 Å². The minimum atomic E-state index is -0.390. The number of carbonyl (C=O) groups is 2. The van der Waals surface area contributed by atoms with Crippen molar-refractivity contribution < 1.29 is 53.9 Å². The fourth-order valence-electron chi connectivity index (χ4n) is 2.06. The van der Waals surface area contributed by atoms with Crippen LogP contribution in [0.5, 0.6) is 0 Å². The zero-order valence-corrected chi connectivity index (χ0v) is 17.7. The van der Waals surface area contributed by atoms with Gasteiger partial charge in [0.25, 0.3) is 0 Å². The SMILES string of the molecule is [CH2-]CCc1[c-]cc(N2C[C@H](CNC(C)=O)OC2=O)cc1.[CH3-].[V+2].[W]. The van der Waals surface area contributed by atoms with E-state index in [2.05, 4.69) is 18.3 Å². The van der Waals surface area contributed by atoms with Crippen LogP contribution in [-0.2, 0) is 55.6 Å². The summed E-state index contributed by atoms with van der Waals surface area (Å²) < 4.78 is 5.20. The molecule has 2 rings (SSSR count). The molecule has 1 aromatic rings. The molecular weight excluding hydrogens is 503 g/mol. The molecule has 0 aliphatic carbocycles. The Labute approximate surface area is 164 Å². The van der Waals surface area contributed by atoms with Gasteiger partial charge < -0.3 is 29.3 Å². The largest absolute Gasteiger partial charge is 2.00 e. The third-order valence-electron chi connectivity index (χ3n) is 3.07. The minimum Gasteiger partial charge on any atom is -0.443 e. The number of nitrogens with zero attached hydrogens (tertiary/aromatic N) is 1. The number of rotatable bonds is 5. The Hall–Kier alpha value is -0.767. The Morgan fingerprint density at radius 2 is 2.22 bits per heavy atom. The van der Waals surface area contributed by atoms with E-state index >= 15 is 0 Å². The molecule has 0 unspecified atom stereocenters. The smallest absolute Gasteiger partial charge is 0.443 e. The second-order valence-corrected chi connectivity index (χ2v) is 4.73. The molecule has 1 aliphatic heterocycles. The van der Waals surface area contributed by atoms with Crippen molar-refractivity contribution in [1.29, 1.82) is 0 Å². The van der Waals surface area contributed by atoms with Crippen LogP contribution < -0.4 is 10.2 Å². The van der Waals surface area contributed by atoms with E-state index in [-0.39, 0.29) is 59.1 Å². The van der Waals surface area contributed by atoms with Crippen LogP contribution >= 0.6 is 0 Å². The molecule has 23 heavy (non-hydrogen) atoms. The van der Waals surface area contributed by atoms with E-state index in [0.717, 1.165) is 24.1 Å². The van der Waals surface area contributed by atoms with Crippen LogP contribution in [0, 0.1) is 20.4 Å². The molecule has 0 spiro atoms. The molecule has 1 heterocycles. The van der Waals surface area contributed by atoms with Crippen LogP contribution in [-0.4, -0.2) is 31.2 Å². The normalized spacial score (nSPS) is 15.7. The molecule has 1 saturated heterocycles. The molecule has 0 aromatic heterocycles. The van der Waals surface area contributed by atoms with Crippen LogP contribution in [0.2, 0.25) is 0 Å². The fourth-order valence-corrected chi connectivity index (χ4v) is 2.06. The maximum Gasteiger partial charge on any atom is 2.00 e. The molecule has 0 saturated carbocycles. The number of carbonyl (C=O) groups excluding carboxylic acids is 2. The number of cyclic esters (lactones) is 1. The van der Waals surface area contributed by atoms with Crippen molar-refractivity contribution in [3.05, 3.63) is 44.2 Å². The predicted octanol–water partition coefficient (Wildman–Crippen LogP) is 2.16. The molecule has 2 amide bonds. The van der Waals surface area contributed by atoms with Crippen molar-refractivity contribution in [2.24, 2.45) is 0 Å². The number of hydrogen-bond donors (Lipinski definition) is 1. The first-order valence-corrected chi connectivity index (χ1v) is 6.62. The van der Waals surface area contributed by atoms with Crippen LogP contribution in [0.25, 0.3) is 0 Å². The average molecular weight is 524 g/mol. The summed E-state index contributed by atoms with van der Waals surface area (Å²) in [7, 11) is 0. The van der Waals surface area contributed by atoms with E-state index in [1.807, 2.05) is 12.1 Å². The number of benzene rings is 1. The third-order valence-corrected chi connectivity index (χ3v) is 3.07. The summed E-state index contributed by atoms with van der Waals surface area (Å²) in [5.41, 5.74) is 1.83. The maximum absolute atomic E-state index is 11.8. The zero-order valence-electron chi connectivity index (χ0n) is 13.4. The van der Waals surface area contributed by atoms with Crippen molar-refractivity contribution in [2.45, 2.75) is 25.9 Å². The molecule has 5 nitrogen and oxygen atoms in total. The quantitative estimate of drug-likeness (QED) is 0.602. The van der Waals surface area contributed by atoms with Gasteiger partial charge in [0.15, 0.2) is 0 Å². The Kier molecular flexibility index (Phi) is 12.5. The van der Waals surface area contributed by atoms with E-state index in [1.54, 1.807) is 11.0 Å². The Morgan fingerprint density at radius 1 is 1.52 bits per heavy atom. The topological polar surface area (TPSA) is 58.6 Å². The van der Waals surface area contributed by atoms with Crippen molar-refractivity contribution in [3.63, 3.8) is 0 Å². The first-order valence-electron chi connectivity index (χ1n) is 6.62. The molecule has 0 bridgehead atoms. The summed E-state index contributed by atoms with van der Waals surface area (Å²) in [6, 6.07) is 8.74. The van der Waals surface area contributed by atoms with Gasteiger partial charge in [-0.05, 0) is 0 Å². The van der Waals surface area contributed by atoms with Crippen molar-refractivity contribution >= 4 is 17.7 Å². The summed E-state index contributed by atoms with van der Waals surface area (Å²) in [6.45, 7) is 6.00. The first-order chi connectivity index (χ1) is 9.60. The molecule has 1 atom stereocenters. The Bertz CT molecular complexity index is 497. The summed E-state index contributed by atoms with van der Waals surface area (Å²) in [5, 5.41) is 2.65. The molecule has 1 fully saturated rings. The molecule has 1 N–H and O–H groups in total. The molecular formula is C16H21N2O3VW-. The van der Waals surface area contributed by atoms with E-state index < -0.39 is 6.09 Å². The van der Waals surface area contributed by atoms with Crippen molar-refractivity contribution in [1.82, 2.24) is 5.32 Å². The molecule has 1 radical (unpaired) electrons. The van der Waals surface area contributed by atoms with Gasteiger partial charge in [-0.25, -0.2) is 4.79 Å². The third kappa shape index (κ3) is 7.11. The maximum atomic E-state index is 11.8. The number of ether oxygens (including phenoxy) is 1. The van der Waals surface area contributed by atoms with Gasteiger partial charge in [0.2, 0.25) is 5.91 Å². The number of hydrogen-bond acceptors (Lipinski definition) is 3. The summed E-state index contributed by atoms with van der Waals surface area (Å²) >= 11 is 0. The van der Waals surface area contributed by atoms with Crippen LogP contribution in [0.1, 0.15) is 18.9 Å². The Morgan fingerprint density at radius 3 is 2.74 bits per heavy atom. The van der Waals surface area contributed by atoms with Crippen molar-refractivity contribution in [3.8, 4) is 0 Å². The van der Waals surface area contributed by atoms with E-state index in [9.17, 15) is 9.59 Å². The van der Waals surface area contributed by atoms with E-state index in [0.29, 0.717) is 13.1 Å². The van der Waals surface area contributed by atoms with Gasteiger partial charge >= 0.3 is 24.6 Å². The van der Waals surface area contributed by atoms with Crippen molar-refractivity contribution in [2.75, 3.05) is 18.0 Å². The fraction of sp³-hybridized carbons (Fsp3) is 0.375. The standard InChI is InChI=1S/C15H18N2O3.CH3.V.W/c1-3-4-12-5-7-13(8-6-12)17-10-14(20-15(17)19)9-16-11(2)18;;;/h5,7-8,14H,1,3-4,9-10H2,2H3,(H,16,18);1H3;;/q-2;-1;+2;/t14-;;;/m0.../s1. The summed E-state index contributed by atoms with van der Waals surface area (Å²) in [6.07, 6.45) is 0.987. The number of nitrogens with one attached hydrogen (secondary N) is 1. The minimum absolute atomic E-state index is 0. The second-order valence-electron chi connectivity index (χ2n) is 4.73. The van der Waals surface area contributed by atoms with Gasteiger partial charge in [0.05, 0.1) is 13.1 Å². The molecule has 1 aromatic carbocycles. The monoisotopic (exact) mass is 524 g/mol. The van der Waals surface area contributed by atoms with E-state index in [1.165, 1.54) is 6.92 Å². The van der Waals surface area contributed by atoms with Gasteiger partial charge in [0.1, 0.15) is 6.10 Å². The number of anilines is 1. The van der Waals surface area contributed by atoms with Crippen LogP contribution in [0.15, 0.2) is 18.2 Å².